The van der Waals surface area contributed by atoms with Gasteiger partial charge >= 0.3 is 0 Å². The van der Waals surface area contributed by atoms with Gasteiger partial charge in [-0.3, -0.25) is 0 Å². The van der Waals surface area contributed by atoms with E-state index < -0.39 is 0 Å². The summed E-state index contributed by atoms with van der Waals surface area (Å²) in [6.07, 6.45) is 3.61. The van der Waals surface area contributed by atoms with Crippen LogP contribution < -0.4 is 0 Å². The quantitative estimate of drug-likeness (QED) is 0.150. The maximum Gasteiger partial charge on any atom is 0.0548 e. The van der Waals surface area contributed by atoms with E-state index in [4.69, 9.17) is 0 Å². The lowest BCUT2D eigenvalue weighted by Gasteiger charge is -2.12. The first kappa shape index (κ1) is 32.0. The summed E-state index contributed by atoms with van der Waals surface area (Å²) in [5, 5.41) is 5.09. The first-order valence-corrected chi connectivity index (χ1v) is 19.2. The van der Waals surface area contributed by atoms with Crippen LogP contribution in [-0.2, 0) is 6.42 Å². The molecule has 0 atom stereocenters. The molecule has 0 bridgehead atoms. The molecule has 10 rings (SSSR count). The number of rotatable bonds is 8. The van der Waals surface area contributed by atoms with Gasteiger partial charge in [-0.1, -0.05) is 153 Å². The van der Waals surface area contributed by atoms with Crippen LogP contribution in [0.1, 0.15) is 25.3 Å². The van der Waals surface area contributed by atoms with Crippen LogP contribution in [0.25, 0.3) is 88.4 Å². The third-order valence-corrected chi connectivity index (χ3v) is 11.1. The van der Waals surface area contributed by atoms with Gasteiger partial charge in [0, 0.05) is 32.9 Å². The van der Waals surface area contributed by atoms with Gasteiger partial charge in [0.1, 0.15) is 0 Å². The summed E-state index contributed by atoms with van der Waals surface area (Å²) in [5.74, 6) is 0. The Morgan fingerprint density at radius 2 is 0.778 bits per heavy atom. The summed E-state index contributed by atoms with van der Waals surface area (Å²) in [6, 6.07) is 69.1. The van der Waals surface area contributed by atoms with Gasteiger partial charge < -0.3 is 9.13 Å². The van der Waals surface area contributed by atoms with Gasteiger partial charge in [0.05, 0.1) is 22.1 Å². The van der Waals surface area contributed by atoms with Crippen molar-refractivity contribution in [1.29, 1.82) is 0 Å². The molecule has 0 aliphatic rings. The lowest BCUT2D eigenvalue weighted by molar-refractivity contribution is 0.795. The first-order valence-electron chi connectivity index (χ1n) is 19.2. The molecule has 2 aromatic heterocycles. The Hall–Kier alpha value is -6.64. The first-order chi connectivity index (χ1) is 26.7. The van der Waals surface area contributed by atoms with Gasteiger partial charge in [-0.15, -0.1) is 0 Å². The molecule has 0 unspecified atom stereocenters. The van der Waals surface area contributed by atoms with Crippen molar-refractivity contribution in [3.05, 3.63) is 194 Å². The molecule has 0 aliphatic carbocycles. The van der Waals surface area contributed by atoms with Crippen LogP contribution in [0.2, 0.25) is 0 Å². The minimum atomic E-state index is 1.15. The topological polar surface area (TPSA) is 9.86 Å². The van der Waals surface area contributed by atoms with Gasteiger partial charge in [-0.05, 0) is 100 Å². The Labute approximate surface area is 316 Å². The SMILES string of the molecule is CCCCc1ccc(-c2ccc(-c3cccc(-n4c5ccccc5c5c6c7ccccc7n(-c7cccc(-c8ccccc8)c7)c6ccc54)c3)cc2)cc1. The van der Waals surface area contributed by atoms with Crippen LogP contribution in [0.3, 0.4) is 0 Å². The zero-order valence-electron chi connectivity index (χ0n) is 30.4. The van der Waals surface area contributed by atoms with E-state index in [0.29, 0.717) is 0 Å². The molecule has 258 valence electrons. The molecule has 2 nitrogen and oxygen atoms in total. The third kappa shape index (κ3) is 5.42. The van der Waals surface area contributed by atoms with Crippen molar-refractivity contribution in [2.45, 2.75) is 26.2 Å². The standard InChI is InChI=1S/C52H40N2/c1-2-3-13-36-24-26-38(27-25-36)39-28-30-40(31-29-39)42-17-12-19-44(35-42)54-48-23-10-8-21-46(48)52-50(54)33-32-49-51(52)45-20-7-9-22-47(45)53(49)43-18-11-16-41(34-43)37-14-5-4-6-15-37/h4-12,14-35H,2-3,13H2,1H3. The van der Waals surface area contributed by atoms with Gasteiger partial charge in [0.15, 0.2) is 0 Å². The summed E-state index contributed by atoms with van der Waals surface area (Å²) in [6.45, 7) is 2.25. The summed E-state index contributed by atoms with van der Waals surface area (Å²) >= 11 is 0. The molecule has 0 saturated heterocycles. The predicted molar refractivity (Wildman–Crippen MR) is 230 cm³/mol. The molecule has 0 N–H and O–H groups in total. The predicted octanol–water partition coefficient (Wildman–Crippen LogP) is 14.2. The second kappa shape index (κ2) is 13.4. The number of hydrogen-bond acceptors (Lipinski definition) is 0. The number of para-hydroxylation sites is 2. The number of nitrogens with zero attached hydrogens (tertiary/aromatic N) is 2. The lowest BCUT2D eigenvalue weighted by atomic mass is 9.98. The van der Waals surface area contributed by atoms with Gasteiger partial charge in [-0.2, -0.15) is 0 Å². The molecular weight excluding hydrogens is 653 g/mol. The molecule has 0 aliphatic heterocycles. The van der Waals surface area contributed by atoms with E-state index in [1.165, 1.54) is 95.4 Å². The normalized spacial score (nSPS) is 11.6. The fraction of sp³-hybridized carbons (Fsp3) is 0.0769. The molecule has 54 heavy (non-hydrogen) atoms. The summed E-state index contributed by atoms with van der Waals surface area (Å²) in [7, 11) is 0. The van der Waals surface area contributed by atoms with E-state index in [9.17, 15) is 0 Å². The van der Waals surface area contributed by atoms with Crippen LogP contribution in [0, 0.1) is 0 Å². The number of fused-ring (bicyclic) bond motifs is 7. The fourth-order valence-corrected chi connectivity index (χ4v) is 8.45. The van der Waals surface area contributed by atoms with Crippen molar-refractivity contribution < 1.29 is 0 Å². The maximum atomic E-state index is 2.45. The van der Waals surface area contributed by atoms with Crippen molar-refractivity contribution in [3.63, 3.8) is 0 Å². The summed E-state index contributed by atoms with van der Waals surface area (Å²) < 4.78 is 4.89. The van der Waals surface area contributed by atoms with E-state index in [2.05, 4.69) is 204 Å². The third-order valence-electron chi connectivity index (χ3n) is 11.1. The highest BCUT2D eigenvalue weighted by Crippen LogP contribution is 2.43. The van der Waals surface area contributed by atoms with Crippen molar-refractivity contribution in [1.82, 2.24) is 9.13 Å². The lowest BCUT2D eigenvalue weighted by Crippen LogP contribution is -1.95. The molecule has 0 saturated carbocycles. The molecule has 0 amide bonds. The van der Waals surface area contributed by atoms with E-state index >= 15 is 0 Å². The van der Waals surface area contributed by atoms with Gasteiger partial charge in [0.2, 0.25) is 0 Å². The van der Waals surface area contributed by atoms with Crippen molar-refractivity contribution in [2.75, 3.05) is 0 Å². The average Bonchev–Trinajstić information content (AvgIpc) is 3.76. The smallest absolute Gasteiger partial charge is 0.0548 e. The highest BCUT2D eigenvalue weighted by atomic mass is 15.0. The number of unbranched alkanes of at least 4 members (excludes halogenated alkanes) is 1. The Bertz CT molecular complexity index is 2940. The zero-order chi connectivity index (χ0) is 36.0. The van der Waals surface area contributed by atoms with Crippen molar-refractivity contribution in [3.8, 4) is 44.8 Å². The number of aryl methyl sites for hydroxylation is 1. The molecule has 0 spiro atoms. The molecule has 2 heterocycles. The van der Waals surface area contributed by atoms with Crippen LogP contribution in [-0.4, -0.2) is 9.13 Å². The molecule has 2 heteroatoms. The van der Waals surface area contributed by atoms with Crippen LogP contribution in [0.4, 0.5) is 0 Å². The van der Waals surface area contributed by atoms with Crippen LogP contribution in [0.5, 0.6) is 0 Å². The minimum absolute atomic E-state index is 1.15. The molecule has 0 radical (unpaired) electrons. The largest absolute Gasteiger partial charge is 0.309 e. The average molecular weight is 693 g/mol. The summed E-state index contributed by atoms with van der Waals surface area (Å²) in [4.78, 5) is 0. The Morgan fingerprint density at radius 3 is 1.30 bits per heavy atom. The number of aromatic nitrogens is 2. The van der Waals surface area contributed by atoms with Crippen molar-refractivity contribution >= 4 is 43.6 Å². The van der Waals surface area contributed by atoms with Gasteiger partial charge in [-0.25, -0.2) is 0 Å². The minimum Gasteiger partial charge on any atom is -0.309 e. The van der Waals surface area contributed by atoms with Gasteiger partial charge in [0.25, 0.3) is 0 Å². The van der Waals surface area contributed by atoms with Crippen molar-refractivity contribution in [2.24, 2.45) is 0 Å². The van der Waals surface area contributed by atoms with Crippen LogP contribution in [0.15, 0.2) is 188 Å². The highest BCUT2D eigenvalue weighted by molar-refractivity contribution is 6.28. The zero-order valence-corrected chi connectivity index (χ0v) is 30.4. The molecule has 8 aromatic carbocycles. The second-order valence-corrected chi connectivity index (χ2v) is 14.4. The molecule has 10 aromatic rings. The number of benzene rings is 8. The van der Waals surface area contributed by atoms with E-state index in [0.717, 1.165) is 17.8 Å². The highest BCUT2D eigenvalue weighted by Gasteiger charge is 2.20. The van der Waals surface area contributed by atoms with E-state index in [1.54, 1.807) is 0 Å². The Morgan fingerprint density at radius 1 is 0.352 bits per heavy atom. The number of hydrogen-bond donors (Lipinski definition) is 0. The molecular formula is C52H40N2. The monoisotopic (exact) mass is 692 g/mol. The maximum absolute atomic E-state index is 2.45. The Kier molecular flexibility index (Phi) is 7.95. The second-order valence-electron chi connectivity index (χ2n) is 14.4. The summed E-state index contributed by atoms with van der Waals surface area (Å²) in [5.41, 5.74) is 15.9. The van der Waals surface area contributed by atoms with E-state index in [-0.39, 0.29) is 0 Å². The fourth-order valence-electron chi connectivity index (χ4n) is 8.45. The van der Waals surface area contributed by atoms with Crippen LogP contribution >= 0.6 is 0 Å². The molecule has 0 fully saturated rings. The van der Waals surface area contributed by atoms with E-state index in [1.807, 2.05) is 0 Å². The Balaban J connectivity index is 1.10.